The summed E-state index contributed by atoms with van der Waals surface area (Å²) in [6.07, 6.45) is 6.70. The van der Waals surface area contributed by atoms with E-state index in [4.69, 9.17) is 4.65 Å². The van der Waals surface area contributed by atoms with Crippen molar-refractivity contribution < 1.29 is 4.65 Å². The Kier molecular flexibility index (Phi) is 4.24. The van der Waals surface area contributed by atoms with Crippen LogP contribution in [0.4, 0.5) is 0 Å². The molecule has 1 N–H and O–H groups in total. The normalized spacial score (nSPS) is 24.3. The highest BCUT2D eigenvalue weighted by Gasteiger charge is 2.50. The zero-order valence-electron chi connectivity index (χ0n) is 13.6. The van der Waals surface area contributed by atoms with Crippen LogP contribution in [0.1, 0.15) is 43.2 Å². The molecule has 2 nitrogen and oxygen atoms in total. The van der Waals surface area contributed by atoms with Gasteiger partial charge in [-0.2, -0.15) is 0 Å². The Labute approximate surface area is 139 Å². The molecule has 1 heterocycles. The molecule has 1 aliphatic carbocycles. The Balaban J connectivity index is 1.81. The van der Waals surface area contributed by atoms with Crippen LogP contribution in [-0.2, 0) is 10.3 Å². The van der Waals surface area contributed by atoms with Crippen molar-refractivity contribution >= 4 is 7.62 Å². The summed E-state index contributed by atoms with van der Waals surface area (Å²) < 4.78 is 6.47. The minimum Gasteiger partial charge on any atom is -0.409 e. The van der Waals surface area contributed by atoms with Crippen molar-refractivity contribution in [2.45, 2.75) is 43.7 Å². The minimum absolute atomic E-state index is 0.354. The van der Waals surface area contributed by atoms with Gasteiger partial charge in [0.15, 0.2) is 0 Å². The third kappa shape index (κ3) is 2.62. The maximum Gasteiger partial charge on any atom is 0.362 e. The lowest BCUT2D eigenvalue weighted by atomic mass is 9.71. The van der Waals surface area contributed by atoms with Crippen molar-refractivity contribution in [2.75, 3.05) is 0 Å². The van der Waals surface area contributed by atoms with Crippen molar-refractivity contribution in [1.82, 2.24) is 5.23 Å². The lowest BCUT2D eigenvalue weighted by Crippen LogP contribution is -2.47. The lowest BCUT2D eigenvalue weighted by Gasteiger charge is -2.41. The molecule has 0 spiro atoms. The van der Waals surface area contributed by atoms with Gasteiger partial charge in [0.1, 0.15) is 5.60 Å². The summed E-state index contributed by atoms with van der Waals surface area (Å²) in [6.45, 7) is 0. The molecule has 1 aliphatic heterocycles. The maximum absolute atomic E-state index is 6.47. The number of hydrogen-bond donors (Lipinski definition) is 1. The van der Waals surface area contributed by atoms with Crippen LogP contribution in [0.2, 0.25) is 0 Å². The van der Waals surface area contributed by atoms with Gasteiger partial charge in [0.25, 0.3) is 0 Å². The van der Waals surface area contributed by atoms with E-state index in [1.54, 1.807) is 0 Å². The SMILES string of the molecule is B1NC(C2CCCCC2)C(c2ccccc2)(c2ccccc2)O1. The second-order valence-electron chi connectivity index (χ2n) is 6.84. The molecule has 1 saturated heterocycles. The van der Waals surface area contributed by atoms with Crippen LogP contribution < -0.4 is 5.23 Å². The van der Waals surface area contributed by atoms with Crippen molar-refractivity contribution in [2.24, 2.45) is 5.92 Å². The van der Waals surface area contributed by atoms with Gasteiger partial charge < -0.3 is 9.88 Å². The fraction of sp³-hybridized carbons (Fsp3) is 0.400. The van der Waals surface area contributed by atoms with E-state index in [1.807, 2.05) is 0 Å². The fourth-order valence-electron chi connectivity index (χ4n) is 4.51. The van der Waals surface area contributed by atoms with Crippen molar-refractivity contribution in [3.05, 3.63) is 71.8 Å². The zero-order chi connectivity index (χ0) is 15.5. The fourth-order valence-corrected chi connectivity index (χ4v) is 4.51. The highest BCUT2D eigenvalue weighted by Crippen LogP contribution is 2.45. The summed E-state index contributed by atoms with van der Waals surface area (Å²) in [5.41, 5.74) is 2.18. The van der Waals surface area contributed by atoms with E-state index in [2.05, 4.69) is 65.9 Å². The number of benzene rings is 2. The topological polar surface area (TPSA) is 21.3 Å². The van der Waals surface area contributed by atoms with Gasteiger partial charge in [-0.15, -0.1) is 0 Å². The molecule has 2 aromatic rings. The predicted molar refractivity (Wildman–Crippen MR) is 95.4 cm³/mol. The highest BCUT2D eigenvalue weighted by atomic mass is 16.5. The van der Waals surface area contributed by atoms with Gasteiger partial charge in [-0.25, -0.2) is 0 Å². The lowest BCUT2D eigenvalue weighted by molar-refractivity contribution is 0.0804. The molecule has 2 aromatic carbocycles. The van der Waals surface area contributed by atoms with Crippen LogP contribution >= 0.6 is 0 Å². The van der Waals surface area contributed by atoms with Crippen molar-refractivity contribution in [3.63, 3.8) is 0 Å². The first-order chi connectivity index (χ1) is 11.4. The van der Waals surface area contributed by atoms with E-state index in [1.165, 1.54) is 43.2 Å². The summed E-state index contributed by atoms with van der Waals surface area (Å²) >= 11 is 0. The van der Waals surface area contributed by atoms with Gasteiger partial charge >= 0.3 is 7.62 Å². The minimum atomic E-state index is -0.357. The highest BCUT2D eigenvalue weighted by molar-refractivity contribution is 6.25. The third-order valence-electron chi connectivity index (χ3n) is 5.57. The summed E-state index contributed by atoms with van der Waals surface area (Å²) in [6, 6.07) is 21.9. The molecule has 3 heteroatoms. The quantitative estimate of drug-likeness (QED) is 0.872. The first-order valence-electron chi connectivity index (χ1n) is 8.89. The van der Waals surface area contributed by atoms with E-state index in [-0.39, 0.29) is 5.60 Å². The molecule has 2 fully saturated rings. The zero-order valence-corrected chi connectivity index (χ0v) is 13.6. The molecule has 1 unspecified atom stereocenters. The standard InChI is InChI=1S/C20H24BNO/c1-4-10-16(11-5-1)19-20(23-21-22-19,17-12-6-2-7-13-17)18-14-8-3-9-15-18/h2-3,6-9,12-16,19,21-22H,1,4-5,10-11H2. The van der Waals surface area contributed by atoms with Crippen LogP contribution in [0.3, 0.4) is 0 Å². The molecule has 2 aliphatic rings. The first kappa shape index (κ1) is 15.0. The Hall–Kier alpha value is -1.58. The van der Waals surface area contributed by atoms with Gasteiger partial charge in [-0.05, 0) is 29.9 Å². The van der Waals surface area contributed by atoms with E-state index in [9.17, 15) is 0 Å². The molecule has 0 amide bonds. The molecular weight excluding hydrogens is 281 g/mol. The third-order valence-corrected chi connectivity index (χ3v) is 5.57. The van der Waals surface area contributed by atoms with Gasteiger partial charge in [-0.3, -0.25) is 0 Å². The Morgan fingerprint density at radius 1 is 0.826 bits per heavy atom. The number of rotatable bonds is 3. The molecule has 0 aromatic heterocycles. The molecular formula is C20H24BNO. The summed E-state index contributed by atoms with van der Waals surface area (Å²) in [5, 5.41) is 3.69. The van der Waals surface area contributed by atoms with Crippen LogP contribution in [0, 0.1) is 5.92 Å². The molecule has 4 rings (SSSR count). The molecule has 118 valence electrons. The molecule has 0 bridgehead atoms. The molecule has 0 radical (unpaired) electrons. The summed E-state index contributed by atoms with van der Waals surface area (Å²) in [5.74, 6) is 0.687. The van der Waals surface area contributed by atoms with E-state index >= 15 is 0 Å². The molecule has 1 saturated carbocycles. The first-order valence-corrected chi connectivity index (χ1v) is 8.89. The summed E-state index contributed by atoms with van der Waals surface area (Å²) in [7, 11) is 0.630. The van der Waals surface area contributed by atoms with Crippen molar-refractivity contribution in [1.29, 1.82) is 0 Å². The van der Waals surface area contributed by atoms with Crippen LogP contribution in [-0.4, -0.2) is 13.7 Å². The Morgan fingerprint density at radius 2 is 1.39 bits per heavy atom. The number of hydrogen-bond acceptors (Lipinski definition) is 2. The van der Waals surface area contributed by atoms with Gasteiger partial charge in [0, 0.05) is 6.04 Å². The largest absolute Gasteiger partial charge is 0.409 e. The predicted octanol–water partition coefficient (Wildman–Crippen LogP) is 3.77. The van der Waals surface area contributed by atoms with E-state index in [0.29, 0.717) is 19.6 Å². The van der Waals surface area contributed by atoms with Gasteiger partial charge in [0.2, 0.25) is 0 Å². The Bertz CT molecular complexity index is 585. The summed E-state index contributed by atoms with van der Waals surface area (Å²) in [4.78, 5) is 0. The van der Waals surface area contributed by atoms with Crippen LogP contribution in [0.25, 0.3) is 0 Å². The average molecular weight is 305 g/mol. The van der Waals surface area contributed by atoms with Crippen LogP contribution in [0.5, 0.6) is 0 Å². The van der Waals surface area contributed by atoms with E-state index in [0.717, 1.165) is 0 Å². The van der Waals surface area contributed by atoms with E-state index < -0.39 is 0 Å². The monoisotopic (exact) mass is 305 g/mol. The average Bonchev–Trinajstić information content (AvgIpc) is 3.10. The molecule has 1 atom stereocenters. The second kappa shape index (κ2) is 6.50. The smallest absolute Gasteiger partial charge is 0.362 e. The Morgan fingerprint density at radius 3 is 1.96 bits per heavy atom. The second-order valence-corrected chi connectivity index (χ2v) is 6.84. The van der Waals surface area contributed by atoms with Gasteiger partial charge in [0.05, 0.1) is 0 Å². The number of nitrogens with one attached hydrogen (secondary N) is 1. The molecule has 23 heavy (non-hydrogen) atoms. The van der Waals surface area contributed by atoms with Crippen molar-refractivity contribution in [3.8, 4) is 0 Å². The maximum atomic E-state index is 6.47. The van der Waals surface area contributed by atoms with Crippen LogP contribution in [0.15, 0.2) is 60.7 Å². The van der Waals surface area contributed by atoms with Gasteiger partial charge in [-0.1, -0.05) is 79.9 Å².